The van der Waals surface area contributed by atoms with E-state index < -0.39 is 16.1 Å². The molecule has 7 nitrogen and oxygen atoms in total. The van der Waals surface area contributed by atoms with Crippen molar-refractivity contribution >= 4 is 21.6 Å². The molecule has 1 N–H and O–H groups in total. The van der Waals surface area contributed by atoms with Crippen LogP contribution in [0.4, 0.5) is 5.69 Å². The minimum Gasteiger partial charge on any atom is -0.312 e. The zero-order chi connectivity index (χ0) is 19.1. The Kier molecular flexibility index (Phi) is 4.90. The molecule has 0 unspecified atom stereocenters. The van der Waals surface area contributed by atoms with Gasteiger partial charge in [-0.25, -0.2) is 13.1 Å². The molecule has 140 valence electrons. The van der Waals surface area contributed by atoms with Crippen LogP contribution in [0.1, 0.15) is 42.6 Å². The second kappa shape index (κ2) is 6.85. The lowest BCUT2D eigenvalue weighted by Gasteiger charge is -2.19. The molecule has 1 aliphatic rings. The zero-order valence-corrected chi connectivity index (χ0v) is 16.3. The van der Waals surface area contributed by atoms with Crippen LogP contribution in [0, 0.1) is 13.8 Å². The van der Waals surface area contributed by atoms with Crippen LogP contribution in [0.15, 0.2) is 29.3 Å². The van der Waals surface area contributed by atoms with E-state index in [2.05, 4.69) is 9.82 Å². The van der Waals surface area contributed by atoms with E-state index in [-0.39, 0.29) is 10.8 Å². The van der Waals surface area contributed by atoms with Crippen molar-refractivity contribution < 1.29 is 13.2 Å². The molecule has 1 fully saturated rings. The summed E-state index contributed by atoms with van der Waals surface area (Å²) in [6.45, 7) is 6.13. The molecule has 1 aliphatic heterocycles. The first-order chi connectivity index (χ1) is 12.2. The molecule has 2 heterocycles. The topological polar surface area (TPSA) is 84.3 Å². The first-order valence-corrected chi connectivity index (χ1v) is 10.1. The Bertz CT molecular complexity index is 949. The molecule has 0 bridgehead atoms. The number of amides is 1. The summed E-state index contributed by atoms with van der Waals surface area (Å²) >= 11 is 0. The molecule has 0 spiro atoms. The van der Waals surface area contributed by atoms with Crippen molar-refractivity contribution in [1.29, 1.82) is 0 Å². The van der Waals surface area contributed by atoms with Gasteiger partial charge in [-0.2, -0.15) is 5.10 Å². The summed E-state index contributed by atoms with van der Waals surface area (Å²) in [5.74, 6) is 0.0822. The van der Waals surface area contributed by atoms with Crippen molar-refractivity contribution in [3.63, 3.8) is 0 Å². The van der Waals surface area contributed by atoms with Gasteiger partial charge in [0.2, 0.25) is 15.9 Å². The first kappa shape index (κ1) is 18.6. The maximum atomic E-state index is 12.8. The third-order valence-electron chi connectivity index (χ3n) is 4.90. The Morgan fingerprint density at radius 1 is 1.27 bits per heavy atom. The smallest absolute Gasteiger partial charge is 0.241 e. The number of anilines is 1. The molecule has 1 saturated heterocycles. The lowest BCUT2D eigenvalue weighted by atomic mass is 10.1. The number of aromatic nitrogens is 2. The maximum Gasteiger partial charge on any atom is 0.241 e. The van der Waals surface area contributed by atoms with Gasteiger partial charge in [-0.15, -0.1) is 0 Å². The molecule has 3 rings (SSSR count). The lowest BCUT2D eigenvalue weighted by Crippen LogP contribution is -2.28. The van der Waals surface area contributed by atoms with Crippen LogP contribution in [0.3, 0.4) is 0 Å². The fourth-order valence-corrected chi connectivity index (χ4v) is 4.77. The zero-order valence-electron chi connectivity index (χ0n) is 15.5. The summed E-state index contributed by atoms with van der Waals surface area (Å²) in [4.78, 5) is 13.8. The van der Waals surface area contributed by atoms with E-state index in [1.807, 2.05) is 14.0 Å². The van der Waals surface area contributed by atoms with Gasteiger partial charge in [0.05, 0.1) is 11.1 Å². The summed E-state index contributed by atoms with van der Waals surface area (Å²) < 4.78 is 30.1. The molecule has 0 radical (unpaired) electrons. The third kappa shape index (κ3) is 3.39. The molecule has 26 heavy (non-hydrogen) atoms. The molecule has 1 amide bonds. The Hall–Kier alpha value is -2.19. The number of nitrogens with one attached hydrogen (secondary N) is 1. The fourth-order valence-electron chi connectivity index (χ4n) is 3.32. The average molecular weight is 376 g/mol. The van der Waals surface area contributed by atoms with Gasteiger partial charge in [0, 0.05) is 43.0 Å². The standard InChI is InChI=1S/C18H24N4O3S/c1-12-10-15(22-9-5-6-18(22)23)7-8-17(12)26(24,25)20-13(2)16-11-19-21(4)14(16)3/h7-8,10-11,13,20H,5-6,9H2,1-4H3/t13-/m0/s1. The highest BCUT2D eigenvalue weighted by atomic mass is 32.2. The van der Waals surface area contributed by atoms with Crippen molar-refractivity contribution in [1.82, 2.24) is 14.5 Å². The van der Waals surface area contributed by atoms with Crippen LogP contribution < -0.4 is 9.62 Å². The van der Waals surface area contributed by atoms with Gasteiger partial charge in [0.25, 0.3) is 0 Å². The highest BCUT2D eigenvalue weighted by Gasteiger charge is 2.25. The van der Waals surface area contributed by atoms with Crippen LogP contribution in [-0.4, -0.2) is 30.7 Å². The fraction of sp³-hybridized carbons (Fsp3) is 0.444. The van der Waals surface area contributed by atoms with E-state index in [4.69, 9.17) is 0 Å². The number of nitrogens with zero attached hydrogens (tertiary/aromatic N) is 3. The molecule has 1 aromatic heterocycles. The minimum absolute atomic E-state index is 0.0822. The Balaban J connectivity index is 1.85. The molecule has 0 saturated carbocycles. The summed E-state index contributed by atoms with van der Waals surface area (Å²) in [6, 6.07) is 4.64. The largest absolute Gasteiger partial charge is 0.312 e. The van der Waals surface area contributed by atoms with E-state index in [1.54, 1.807) is 47.8 Å². The molecular formula is C18H24N4O3S. The summed E-state index contributed by atoms with van der Waals surface area (Å²) in [7, 11) is -1.87. The predicted molar refractivity (Wildman–Crippen MR) is 99.4 cm³/mol. The third-order valence-corrected chi connectivity index (χ3v) is 6.61. The Morgan fingerprint density at radius 3 is 2.54 bits per heavy atom. The minimum atomic E-state index is -3.69. The van der Waals surface area contributed by atoms with Crippen LogP contribution in [-0.2, 0) is 21.9 Å². The number of benzene rings is 1. The van der Waals surface area contributed by atoms with Crippen molar-refractivity contribution in [3.05, 3.63) is 41.2 Å². The first-order valence-electron chi connectivity index (χ1n) is 8.62. The van der Waals surface area contributed by atoms with Crippen LogP contribution in [0.5, 0.6) is 0 Å². The molecular weight excluding hydrogens is 352 g/mol. The van der Waals surface area contributed by atoms with E-state index >= 15 is 0 Å². The molecule has 0 aliphatic carbocycles. The van der Waals surface area contributed by atoms with E-state index in [0.29, 0.717) is 18.5 Å². The number of carbonyl (C=O) groups is 1. The summed E-state index contributed by atoms with van der Waals surface area (Å²) in [5, 5.41) is 4.16. The summed E-state index contributed by atoms with van der Waals surface area (Å²) in [5.41, 5.74) is 3.12. The van der Waals surface area contributed by atoms with E-state index in [1.165, 1.54) is 0 Å². The van der Waals surface area contributed by atoms with Gasteiger partial charge < -0.3 is 4.90 Å². The average Bonchev–Trinajstić information content (AvgIpc) is 3.13. The van der Waals surface area contributed by atoms with Crippen molar-refractivity contribution in [3.8, 4) is 0 Å². The highest BCUT2D eigenvalue weighted by Crippen LogP contribution is 2.27. The quantitative estimate of drug-likeness (QED) is 0.867. The molecule has 8 heteroatoms. The van der Waals surface area contributed by atoms with Crippen LogP contribution >= 0.6 is 0 Å². The number of aryl methyl sites for hydroxylation is 2. The highest BCUT2D eigenvalue weighted by molar-refractivity contribution is 7.89. The number of carbonyl (C=O) groups excluding carboxylic acids is 1. The van der Waals surface area contributed by atoms with Crippen LogP contribution in [0.2, 0.25) is 0 Å². The number of hydrogen-bond donors (Lipinski definition) is 1. The normalized spacial score (nSPS) is 16.3. The van der Waals surface area contributed by atoms with Crippen molar-refractivity contribution in [2.75, 3.05) is 11.4 Å². The SMILES string of the molecule is Cc1cc(N2CCCC2=O)ccc1S(=O)(=O)N[C@@H](C)c1cnn(C)c1C. The second-order valence-corrected chi connectivity index (χ2v) is 8.43. The van der Waals surface area contributed by atoms with Gasteiger partial charge in [-0.1, -0.05) is 0 Å². The van der Waals surface area contributed by atoms with Gasteiger partial charge in [0.1, 0.15) is 0 Å². The van der Waals surface area contributed by atoms with Crippen LogP contribution in [0.25, 0.3) is 0 Å². The van der Waals surface area contributed by atoms with E-state index in [0.717, 1.165) is 23.4 Å². The Morgan fingerprint density at radius 2 is 2.00 bits per heavy atom. The lowest BCUT2D eigenvalue weighted by molar-refractivity contribution is -0.117. The number of rotatable bonds is 5. The number of hydrogen-bond acceptors (Lipinski definition) is 4. The Labute approximate surface area is 154 Å². The van der Waals surface area contributed by atoms with Gasteiger partial charge in [0.15, 0.2) is 0 Å². The summed E-state index contributed by atoms with van der Waals surface area (Å²) in [6.07, 6.45) is 3.06. The molecule has 1 atom stereocenters. The van der Waals surface area contributed by atoms with Gasteiger partial charge in [-0.3, -0.25) is 9.48 Å². The van der Waals surface area contributed by atoms with Crippen molar-refractivity contribution in [2.24, 2.45) is 7.05 Å². The van der Waals surface area contributed by atoms with Gasteiger partial charge >= 0.3 is 0 Å². The second-order valence-electron chi connectivity index (χ2n) is 6.75. The van der Waals surface area contributed by atoms with E-state index in [9.17, 15) is 13.2 Å². The van der Waals surface area contributed by atoms with Crippen molar-refractivity contribution in [2.45, 2.75) is 44.6 Å². The maximum absolute atomic E-state index is 12.8. The monoisotopic (exact) mass is 376 g/mol. The predicted octanol–water partition coefficient (Wildman–Crippen LogP) is 2.20. The number of sulfonamides is 1. The van der Waals surface area contributed by atoms with Gasteiger partial charge in [-0.05, 0) is 51.0 Å². The molecule has 2 aromatic rings. The molecule has 1 aromatic carbocycles.